The fraction of sp³-hybridized carbons (Fsp3) is 0.571. The van der Waals surface area contributed by atoms with Gasteiger partial charge in [0.2, 0.25) is 0 Å². The number of ether oxygens (including phenoxy) is 2. The number of carbonyl (C=O) groups is 2. The smallest absolute Gasteiger partial charge is 0.348 e. The summed E-state index contributed by atoms with van der Waals surface area (Å²) in [5, 5.41) is 1.07. The van der Waals surface area contributed by atoms with Gasteiger partial charge >= 0.3 is 11.9 Å². The molecule has 2 saturated heterocycles. The van der Waals surface area contributed by atoms with Crippen molar-refractivity contribution in [3.8, 4) is 0 Å². The van der Waals surface area contributed by atoms with Gasteiger partial charge in [0, 0.05) is 32.7 Å². The Bertz CT molecular complexity index is 460. The van der Waals surface area contributed by atoms with E-state index in [0.717, 1.165) is 30.3 Å². The van der Waals surface area contributed by atoms with Crippen LogP contribution < -0.4 is 0 Å². The second kappa shape index (κ2) is 5.91. The predicted octanol–water partition coefficient (Wildman–Crippen LogP) is 2.05. The third kappa shape index (κ3) is 3.36. The number of hydrogen-bond acceptors (Lipinski definition) is 6. The molecule has 0 amide bonds. The first kappa shape index (κ1) is 15.0. The largest absolute Gasteiger partial charge is 0.419 e. The summed E-state index contributed by atoms with van der Waals surface area (Å²) in [6.45, 7) is 7.16. The first-order valence-corrected chi connectivity index (χ1v) is 7.68. The van der Waals surface area contributed by atoms with Gasteiger partial charge in [-0.1, -0.05) is 6.92 Å². The molecular weight excluding hydrogens is 278 g/mol. The van der Waals surface area contributed by atoms with Gasteiger partial charge in [-0.3, -0.25) is 0 Å². The van der Waals surface area contributed by atoms with Crippen LogP contribution in [0.2, 0.25) is 0 Å². The Morgan fingerprint density at radius 1 is 1.25 bits per heavy atom. The number of hydrogen-bond donors (Lipinski definition) is 0. The first-order chi connectivity index (χ1) is 9.43. The van der Waals surface area contributed by atoms with Crippen molar-refractivity contribution in [1.29, 1.82) is 0 Å². The summed E-state index contributed by atoms with van der Waals surface area (Å²) in [6, 6.07) is 0. The van der Waals surface area contributed by atoms with Crippen molar-refractivity contribution in [1.82, 2.24) is 4.90 Å². The minimum Gasteiger partial charge on any atom is -0.419 e. The molecule has 2 aliphatic heterocycles. The van der Waals surface area contributed by atoms with Gasteiger partial charge < -0.3 is 14.4 Å². The molecule has 0 aliphatic carbocycles. The summed E-state index contributed by atoms with van der Waals surface area (Å²) in [6.07, 6.45) is 4.35. The molecule has 5 nitrogen and oxygen atoms in total. The molecule has 0 unspecified atom stereocenters. The molecule has 6 heteroatoms. The molecule has 0 radical (unpaired) electrons. The molecule has 2 rings (SSSR count). The average molecular weight is 297 g/mol. The Kier molecular flexibility index (Phi) is 4.42. The van der Waals surface area contributed by atoms with Gasteiger partial charge in [-0.15, -0.1) is 11.8 Å². The van der Waals surface area contributed by atoms with Crippen LogP contribution in [-0.2, 0) is 19.1 Å². The topological polar surface area (TPSA) is 55.8 Å². The average Bonchev–Trinajstić information content (AvgIpc) is 2.74. The summed E-state index contributed by atoms with van der Waals surface area (Å²) < 4.78 is 10.1. The number of esters is 2. The maximum atomic E-state index is 11.8. The van der Waals surface area contributed by atoms with Crippen molar-refractivity contribution in [2.24, 2.45) is 0 Å². The summed E-state index contributed by atoms with van der Waals surface area (Å²) in [5.74, 6) is -1.42. The molecule has 2 fully saturated rings. The van der Waals surface area contributed by atoms with E-state index in [1.807, 2.05) is 0 Å². The van der Waals surface area contributed by atoms with Crippen molar-refractivity contribution < 1.29 is 19.1 Å². The van der Waals surface area contributed by atoms with E-state index in [1.54, 1.807) is 17.8 Å². The quantitative estimate of drug-likeness (QED) is 0.451. The maximum Gasteiger partial charge on any atom is 0.348 e. The molecule has 0 aromatic rings. The lowest BCUT2D eigenvalue weighted by Crippen LogP contribution is -2.41. The monoisotopic (exact) mass is 297 g/mol. The summed E-state index contributed by atoms with van der Waals surface area (Å²) in [7, 11) is 0. The van der Waals surface area contributed by atoms with Crippen LogP contribution in [0.5, 0.6) is 0 Å². The maximum absolute atomic E-state index is 11.8. The zero-order valence-electron chi connectivity index (χ0n) is 12.0. The Morgan fingerprint density at radius 2 is 1.90 bits per heavy atom. The van der Waals surface area contributed by atoms with E-state index in [0.29, 0.717) is 0 Å². The third-order valence-corrected chi connectivity index (χ3v) is 4.00. The number of thioether (sulfide) groups is 1. The lowest BCUT2D eigenvalue weighted by Gasteiger charge is -2.29. The first-order valence-electron chi connectivity index (χ1n) is 6.69. The molecule has 0 bridgehead atoms. The zero-order chi connectivity index (χ0) is 14.8. The number of rotatable bonds is 3. The molecule has 0 saturated carbocycles. The van der Waals surface area contributed by atoms with Crippen molar-refractivity contribution in [3.63, 3.8) is 0 Å². The van der Waals surface area contributed by atoms with Crippen LogP contribution >= 0.6 is 11.8 Å². The minimum absolute atomic E-state index is 0.0548. The van der Waals surface area contributed by atoms with E-state index in [2.05, 4.69) is 11.8 Å². The minimum atomic E-state index is -1.19. The lowest BCUT2D eigenvalue weighted by molar-refractivity contribution is -0.222. The number of allylic oxidation sites excluding steroid dienone is 2. The normalized spacial score (nSPS) is 23.9. The number of nitrogens with zero attached hydrogens (tertiary/aromatic N) is 1. The summed E-state index contributed by atoms with van der Waals surface area (Å²) in [5.41, 5.74) is -0.0548. The van der Waals surface area contributed by atoms with Gasteiger partial charge in [-0.05, 0) is 18.6 Å². The van der Waals surface area contributed by atoms with E-state index >= 15 is 0 Å². The van der Waals surface area contributed by atoms with Crippen molar-refractivity contribution >= 4 is 23.7 Å². The Labute approximate surface area is 123 Å². The summed E-state index contributed by atoms with van der Waals surface area (Å²) >= 11 is 1.72. The van der Waals surface area contributed by atoms with E-state index < -0.39 is 17.7 Å². The standard InChI is InChI=1S/C14H19NO4S/c1-4-7-15-8-9-20-11(15)6-5-10-12(16)18-14(2,3)19-13(10)17/h5-6H,4,7-9H2,1-3H3/b11-6-. The Hall–Kier alpha value is -1.43. The van der Waals surface area contributed by atoms with Crippen LogP contribution in [0.25, 0.3) is 0 Å². The van der Waals surface area contributed by atoms with Crippen LogP contribution in [0.1, 0.15) is 27.2 Å². The summed E-state index contributed by atoms with van der Waals surface area (Å²) in [4.78, 5) is 25.8. The zero-order valence-corrected chi connectivity index (χ0v) is 12.8. The molecule has 2 heterocycles. The second-order valence-electron chi connectivity index (χ2n) is 5.10. The van der Waals surface area contributed by atoms with Gasteiger partial charge in [0.15, 0.2) is 0 Å². The van der Waals surface area contributed by atoms with Crippen LogP contribution in [0.15, 0.2) is 22.8 Å². The molecule has 20 heavy (non-hydrogen) atoms. The van der Waals surface area contributed by atoms with E-state index in [-0.39, 0.29) is 5.57 Å². The highest BCUT2D eigenvalue weighted by Gasteiger charge is 2.38. The number of carbonyl (C=O) groups excluding carboxylic acids is 2. The van der Waals surface area contributed by atoms with E-state index in [9.17, 15) is 9.59 Å². The highest BCUT2D eigenvalue weighted by atomic mass is 32.2. The fourth-order valence-electron chi connectivity index (χ4n) is 2.06. The molecule has 0 aromatic heterocycles. The molecule has 0 aromatic carbocycles. The Morgan fingerprint density at radius 3 is 2.50 bits per heavy atom. The lowest BCUT2D eigenvalue weighted by atomic mass is 10.2. The highest BCUT2D eigenvalue weighted by molar-refractivity contribution is 8.03. The van der Waals surface area contributed by atoms with Gasteiger partial charge in [0.1, 0.15) is 5.57 Å². The van der Waals surface area contributed by atoms with Gasteiger partial charge in [-0.2, -0.15) is 0 Å². The number of cyclic esters (lactones) is 2. The molecular formula is C14H19NO4S. The highest BCUT2D eigenvalue weighted by Crippen LogP contribution is 2.29. The predicted molar refractivity (Wildman–Crippen MR) is 76.8 cm³/mol. The van der Waals surface area contributed by atoms with E-state index in [4.69, 9.17) is 9.47 Å². The Balaban J connectivity index is 2.14. The van der Waals surface area contributed by atoms with Gasteiger partial charge in [0.05, 0.1) is 5.03 Å². The van der Waals surface area contributed by atoms with Crippen LogP contribution in [0.3, 0.4) is 0 Å². The SMILES string of the molecule is CCCN1CCS/C1=C\C=C1C(=O)OC(C)(C)OC1=O. The molecule has 2 aliphatic rings. The molecule has 110 valence electrons. The second-order valence-corrected chi connectivity index (χ2v) is 6.21. The van der Waals surface area contributed by atoms with Gasteiger partial charge in [0.25, 0.3) is 5.79 Å². The molecule has 0 N–H and O–H groups in total. The van der Waals surface area contributed by atoms with Crippen molar-refractivity contribution in [2.75, 3.05) is 18.8 Å². The van der Waals surface area contributed by atoms with Gasteiger partial charge in [-0.25, -0.2) is 9.59 Å². The van der Waals surface area contributed by atoms with Crippen LogP contribution in [0, 0.1) is 0 Å². The molecule has 0 atom stereocenters. The van der Waals surface area contributed by atoms with Crippen LogP contribution in [-0.4, -0.2) is 41.5 Å². The molecule has 0 spiro atoms. The third-order valence-electron chi connectivity index (χ3n) is 2.93. The van der Waals surface area contributed by atoms with Crippen molar-refractivity contribution in [3.05, 3.63) is 22.8 Å². The van der Waals surface area contributed by atoms with E-state index in [1.165, 1.54) is 19.9 Å². The van der Waals surface area contributed by atoms with Crippen LogP contribution in [0.4, 0.5) is 0 Å². The fourth-order valence-corrected chi connectivity index (χ4v) is 3.11. The van der Waals surface area contributed by atoms with Crippen molar-refractivity contribution in [2.45, 2.75) is 33.0 Å².